The Morgan fingerprint density at radius 2 is 1.34 bits per heavy atom. The summed E-state index contributed by atoms with van der Waals surface area (Å²) >= 11 is 0. The van der Waals surface area contributed by atoms with Crippen LogP contribution in [-0.2, 0) is 59.6 Å². The number of hydrogen-bond donors (Lipinski definition) is 0. The third-order valence-corrected chi connectivity index (χ3v) is 21.0. The number of fused-ring (bicyclic) bond motifs is 5. The van der Waals surface area contributed by atoms with Gasteiger partial charge in [0.15, 0.2) is 8.32 Å². The normalized spacial score (nSPS) is 41.0. The van der Waals surface area contributed by atoms with E-state index in [1.807, 2.05) is 24.3 Å². The molecule has 0 aromatic heterocycles. The molecule has 0 unspecified atom stereocenters. The van der Waals surface area contributed by atoms with E-state index in [2.05, 4.69) is 125 Å². The molecule has 6 saturated heterocycles. The van der Waals surface area contributed by atoms with Crippen LogP contribution in [0.2, 0.25) is 29.7 Å². The molecule has 2 aromatic rings. The van der Waals surface area contributed by atoms with E-state index in [4.69, 9.17) is 46.4 Å². The van der Waals surface area contributed by atoms with E-state index in [-0.39, 0.29) is 77.0 Å². The quantitative estimate of drug-likeness (QED) is 0.227. The second-order valence-corrected chi connectivity index (χ2v) is 32.4. The lowest BCUT2D eigenvalue weighted by atomic mass is 9.74. The maximum absolute atomic E-state index is 7.42. The molecule has 346 valence electrons. The lowest BCUT2D eigenvalue weighted by Gasteiger charge is -2.63. The lowest BCUT2D eigenvalue weighted by Crippen LogP contribution is -2.75. The maximum Gasteiger partial charge on any atom is 0.349 e. The Morgan fingerprint density at radius 3 is 1.97 bits per heavy atom. The fourth-order valence-corrected chi connectivity index (χ4v) is 18.1. The largest absolute Gasteiger partial charge is 0.409 e. The zero-order valence-corrected chi connectivity index (χ0v) is 42.1. The van der Waals surface area contributed by atoms with E-state index in [0.717, 1.165) is 30.4 Å². The van der Waals surface area contributed by atoms with Crippen LogP contribution in [0, 0.1) is 5.92 Å². The second kappa shape index (κ2) is 17.3. The van der Waals surface area contributed by atoms with Gasteiger partial charge >= 0.3 is 8.56 Å². The van der Waals surface area contributed by atoms with Crippen LogP contribution in [0.15, 0.2) is 60.7 Å². The summed E-state index contributed by atoms with van der Waals surface area (Å²) in [7, 11) is -4.88. The minimum absolute atomic E-state index is 0.132. The minimum Gasteiger partial charge on any atom is -0.409 e. The van der Waals surface area contributed by atoms with Gasteiger partial charge in [0.1, 0.15) is 29.5 Å². The lowest BCUT2D eigenvalue weighted by molar-refractivity contribution is -0.365. The van der Waals surface area contributed by atoms with Crippen LogP contribution in [0.4, 0.5) is 0 Å². The summed E-state index contributed by atoms with van der Waals surface area (Å²) in [5.74, 6) is 0.216. The molecule has 6 fully saturated rings. The van der Waals surface area contributed by atoms with Gasteiger partial charge in [-0.05, 0) is 70.3 Å². The average Bonchev–Trinajstić information content (AvgIpc) is 3.19. The molecule has 6 heterocycles. The number of ether oxygens (including phenoxy) is 7. The molecule has 10 nitrogen and oxygen atoms in total. The highest BCUT2D eigenvalue weighted by Crippen LogP contribution is 2.58. The van der Waals surface area contributed by atoms with Crippen molar-refractivity contribution in [2.45, 2.75) is 222 Å². The molecule has 12 heteroatoms. The Hall–Kier alpha value is -1.53. The van der Waals surface area contributed by atoms with Gasteiger partial charge in [-0.15, -0.1) is 0 Å². The third kappa shape index (κ3) is 9.13. The van der Waals surface area contributed by atoms with Gasteiger partial charge in [0.05, 0.1) is 74.8 Å². The molecule has 6 aliphatic heterocycles. The van der Waals surface area contributed by atoms with Gasteiger partial charge in [-0.3, -0.25) is 0 Å². The van der Waals surface area contributed by atoms with Crippen LogP contribution in [-0.4, -0.2) is 108 Å². The van der Waals surface area contributed by atoms with Crippen molar-refractivity contribution in [2.24, 2.45) is 5.92 Å². The van der Waals surface area contributed by atoms with Gasteiger partial charge in [-0.1, -0.05) is 109 Å². The molecule has 0 saturated carbocycles. The maximum atomic E-state index is 7.42. The molecular formula is C50H78O10Si2. The molecule has 0 radical (unpaired) electrons. The number of hydrogen-bond acceptors (Lipinski definition) is 10. The van der Waals surface area contributed by atoms with Gasteiger partial charge in [-0.2, -0.15) is 0 Å². The molecule has 2 aromatic carbocycles. The summed E-state index contributed by atoms with van der Waals surface area (Å²) in [6, 6.07) is 20.6. The summed E-state index contributed by atoms with van der Waals surface area (Å²) in [5, 5.41) is -0.264. The van der Waals surface area contributed by atoms with Crippen molar-refractivity contribution in [3.63, 3.8) is 0 Å². The SMILES string of the molecule is C[C@H]1CC[C@]2(C)O[C@]3(C)CO[Si](C(C)(C)C)(C(C)(C)C)O[C@H]3C[C@H]2O[C@H]2C[C@H]3O[C@H]4C[C@@H](OCc5ccccc5)[C@H](COCc5ccccc5)O[C@]4(C)[C@H](O[Si](C)(C)C)[C@@H]3O[C@@H]21. The molecule has 14 atom stereocenters. The first-order valence-corrected chi connectivity index (χ1v) is 28.9. The van der Waals surface area contributed by atoms with Gasteiger partial charge in [0, 0.05) is 29.3 Å². The second-order valence-electron chi connectivity index (χ2n) is 23.2. The van der Waals surface area contributed by atoms with Crippen molar-refractivity contribution in [2.75, 3.05) is 13.2 Å². The van der Waals surface area contributed by atoms with E-state index in [1.54, 1.807) is 0 Å². The smallest absolute Gasteiger partial charge is 0.349 e. The average molecular weight is 895 g/mol. The van der Waals surface area contributed by atoms with Crippen molar-refractivity contribution in [3.8, 4) is 0 Å². The number of rotatable bonds is 9. The molecule has 0 spiro atoms. The fraction of sp³-hybridized carbons (Fsp3) is 0.760. The Morgan fingerprint density at radius 1 is 0.726 bits per heavy atom. The van der Waals surface area contributed by atoms with Crippen LogP contribution in [0.3, 0.4) is 0 Å². The first-order valence-electron chi connectivity index (χ1n) is 23.6. The van der Waals surface area contributed by atoms with Gasteiger partial charge in [-0.25, -0.2) is 0 Å². The van der Waals surface area contributed by atoms with E-state index < -0.39 is 33.7 Å². The molecule has 0 amide bonds. The van der Waals surface area contributed by atoms with Gasteiger partial charge in [0.25, 0.3) is 0 Å². The van der Waals surface area contributed by atoms with Crippen molar-refractivity contribution >= 4 is 16.9 Å². The summed E-state index contributed by atoms with van der Waals surface area (Å²) in [4.78, 5) is 0. The molecule has 8 rings (SSSR count). The van der Waals surface area contributed by atoms with Crippen LogP contribution < -0.4 is 0 Å². The third-order valence-electron chi connectivity index (χ3n) is 14.9. The highest BCUT2D eigenvalue weighted by atomic mass is 28.4. The molecule has 62 heavy (non-hydrogen) atoms. The first kappa shape index (κ1) is 47.0. The summed E-state index contributed by atoms with van der Waals surface area (Å²) < 4.78 is 71.5. The first-order chi connectivity index (χ1) is 29.0. The van der Waals surface area contributed by atoms with Crippen molar-refractivity contribution in [1.82, 2.24) is 0 Å². The van der Waals surface area contributed by atoms with Gasteiger partial charge < -0.3 is 46.4 Å². The van der Waals surface area contributed by atoms with Crippen LogP contribution >= 0.6 is 0 Å². The summed E-state index contributed by atoms with van der Waals surface area (Å²) in [5.41, 5.74) is 0.363. The highest BCUT2D eigenvalue weighted by Gasteiger charge is 2.68. The van der Waals surface area contributed by atoms with E-state index in [1.165, 1.54) is 0 Å². The van der Waals surface area contributed by atoms with Gasteiger partial charge in [0.2, 0.25) is 0 Å². The Balaban J connectivity index is 1.06. The van der Waals surface area contributed by atoms with E-state index in [9.17, 15) is 0 Å². The minimum atomic E-state index is -2.74. The summed E-state index contributed by atoms with van der Waals surface area (Å²) in [6.45, 7) is 31.2. The molecule has 0 bridgehead atoms. The topological polar surface area (TPSA) is 92.3 Å². The zero-order chi connectivity index (χ0) is 44.5. The number of benzene rings is 2. The Kier molecular flexibility index (Phi) is 13.1. The highest BCUT2D eigenvalue weighted by molar-refractivity contribution is 6.73. The van der Waals surface area contributed by atoms with Crippen LogP contribution in [0.1, 0.15) is 112 Å². The van der Waals surface area contributed by atoms with Crippen LogP contribution in [0.5, 0.6) is 0 Å². The summed E-state index contributed by atoms with van der Waals surface area (Å²) in [6.07, 6.45) is 1.38. The standard InChI is InChI=1S/C50H78O10Si2/c1-33-24-25-48(8)40(28-41-49(9,60-48)32-53-62(58-41,46(2,3)4)47(5,6)7)54-37-26-38-44(56-43(33)37)45(59-61(11,12)13)50(10)42(55-38)27-36(52-30-35-22-18-15-19-23-35)39(57-50)31-51-29-34-20-16-14-17-21-34/h14-23,33,36-45H,24-32H2,1-13H3/t33-,36+,37-,38+,39-,40+,41-,42-,43+,44+,45+,48-,49+,50-/m0/s1. The molecular weight excluding hydrogens is 817 g/mol. The Labute approximate surface area is 375 Å². The van der Waals surface area contributed by atoms with Crippen molar-refractivity contribution in [3.05, 3.63) is 71.8 Å². The Bertz CT molecular complexity index is 1800. The molecule has 0 N–H and O–H groups in total. The van der Waals surface area contributed by atoms with Crippen molar-refractivity contribution in [1.29, 1.82) is 0 Å². The monoisotopic (exact) mass is 895 g/mol. The zero-order valence-electron chi connectivity index (χ0n) is 40.1. The predicted molar refractivity (Wildman–Crippen MR) is 245 cm³/mol. The van der Waals surface area contributed by atoms with E-state index in [0.29, 0.717) is 39.3 Å². The molecule has 0 aliphatic carbocycles. The fourth-order valence-electron chi connectivity index (χ4n) is 11.8. The van der Waals surface area contributed by atoms with Crippen LogP contribution in [0.25, 0.3) is 0 Å². The van der Waals surface area contributed by atoms with Crippen molar-refractivity contribution < 1.29 is 46.4 Å². The van der Waals surface area contributed by atoms with E-state index >= 15 is 0 Å². The predicted octanol–water partition coefficient (Wildman–Crippen LogP) is 10.1. The molecule has 6 aliphatic rings.